The highest BCUT2D eigenvalue weighted by molar-refractivity contribution is 6.05. The molecule has 0 fully saturated rings. The second-order valence-corrected chi connectivity index (χ2v) is 5.22. The molecule has 0 aliphatic rings. The molecule has 0 unspecified atom stereocenters. The van der Waals surface area contributed by atoms with Gasteiger partial charge in [-0.2, -0.15) is 5.10 Å². The van der Waals surface area contributed by atoms with Crippen molar-refractivity contribution in [3.05, 3.63) is 40.7 Å². The Morgan fingerprint density at radius 1 is 1.29 bits per heavy atom. The van der Waals surface area contributed by atoms with Gasteiger partial charge in [-0.15, -0.1) is 0 Å². The van der Waals surface area contributed by atoms with E-state index < -0.39 is 0 Å². The van der Waals surface area contributed by atoms with Crippen molar-refractivity contribution in [2.75, 3.05) is 17.2 Å². The minimum atomic E-state index is -0.118. The largest absolute Gasteiger partial charge is 0.385 e. The molecule has 2 rings (SSSR count). The maximum Gasteiger partial charge on any atom is 0.255 e. The van der Waals surface area contributed by atoms with E-state index in [-0.39, 0.29) is 5.91 Å². The molecular formula is C16H22N4O. The molecule has 1 aromatic carbocycles. The summed E-state index contributed by atoms with van der Waals surface area (Å²) in [6.45, 7) is 8.81. The first-order valence-electron chi connectivity index (χ1n) is 7.20. The summed E-state index contributed by atoms with van der Waals surface area (Å²) in [5.41, 5.74) is 5.19. The number of carbonyl (C=O) groups excluding carboxylic acids is 1. The number of nitrogens with one attached hydrogen (secondary N) is 3. The maximum absolute atomic E-state index is 12.3. The number of aromatic nitrogens is 2. The highest BCUT2D eigenvalue weighted by Crippen LogP contribution is 2.20. The first kappa shape index (κ1) is 15.1. The van der Waals surface area contributed by atoms with Crippen LogP contribution in [0.5, 0.6) is 0 Å². The Morgan fingerprint density at radius 3 is 2.62 bits per heavy atom. The lowest BCUT2D eigenvalue weighted by Crippen LogP contribution is -2.13. The van der Waals surface area contributed by atoms with Crippen molar-refractivity contribution < 1.29 is 4.79 Å². The van der Waals surface area contributed by atoms with Gasteiger partial charge in [0.2, 0.25) is 0 Å². The van der Waals surface area contributed by atoms with Crippen LogP contribution in [0.25, 0.3) is 0 Å². The van der Waals surface area contributed by atoms with Crippen LogP contribution in [0.1, 0.15) is 40.7 Å². The number of amides is 1. The Morgan fingerprint density at radius 2 is 2.05 bits per heavy atom. The predicted octanol–water partition coefficient (Wildman–Crippen LogP) is 3.41. The third kappa shape index (κ3) is 3.42. The summed E-state index contributed by atoms with van der Waals surface area (Å²) in [7, 11) is 0. The van der Waals surface area contributed by atoms with Crippen molar-refractivity contribution in [2.24, 2.45) is 0 Å². The van der Waals surface area contributed by atoms with Crippen molar-refractivity contribution in [1.29, 1.82) is 0 Å². The Balaban J connectivity index is 2.15. The van der Waals surface area contributed by atoms with Crippen LogP contribution >= 0.6 is 0 Å². The van der Waals surface area contributed by atoms with Gasteiger partial charge in [0.15, 0.2) is 0 Å². The molecule has 1 amide bonds. The first-order valence-corrected chi connectivity index (χ1v) is 7.20. The van der Waals surface area contributed by atoms with Crippen LogP contribution in [-0.4, -0.2) is 22.6 Å². The lowest BCUT2D eigenvalue weighted by atomic mass is 10.1. The van der Waals surface area contributed by atoms with Gasteiger partial charge in [0.25, 0.3) is 5.91 Å². The van der Waals surface area contributed by atoms with E-state index in [1.54, 1.807) is 0 Å². The van der Waals surface area contributed by atoms with Gasteiger partial charge in [-0.3, -0.25) is 9.89 Å². The monoisotopic (exact) mass is 286 g/mol. The number of hydrogen-bond donors (Lipinski definition) is 3. The minimum Gasteiger partial charge on any atom is -0.385 e. The van der Waals surface area contributed by atoms with E-state index in [1.807, 2.05) is 39.0 Å². The lowest BCUT2D eigenvalue weighted by Gasteiger charge is -2.11. The summed E-state index contributed by atoms with van der Waals surface area (Å²) in [6.07, 6.45) is 1.07. The zero-order valence-electron chi connectivity index (χ0n) is 13.0. The highest BCUT2D eigenvalue weighted by Gasteiger charge is 2.12. The van der Waals surface area contributed by atoms with Crippen LogP contribution in [0.4, 0.5) is 11.4 Å². The molecule has 0 aliphatic carbocycles. The summed E-state index contributed by atoms with van der Waals surface area (Å²) in [6, 6.07) is 5.69. The molecule has 0 saturated heterocycles. The van der Waals surface area contributed by atoms with Gasteiger partial charge in [0.05, 0.1) is 17.1 Å². The number of aromatic amines is 1. The van der Waals surface area contributed by atoms with Gasteiger partial charge in [-0.05, 0) is 51.0 Å². The molecule has 0 aliphatic heterocycles. The van der Waals surface area contributed by atoms with Crippen LogP contribution in [0, 0.1) is 20.8 Å². The fourth-order valence-electron chi connectivity index (χ4n) is 2.18. The van der Waals surface area contributed by atoms with E-state index in [0.29, 0.717) is 5.56 Å². The fourth-order valence-corrected chi connectivity index (χ4v) is 2.18. The topological polar surface area (TPSA) is 69.8 Å². The predicted molar refractivity (Wildman–Crippen MR) is 86.0 cm³/mol. The van der Waals surface area contributed by atoms with Crippen LogP contribution < -0.4 is 10.6 Å². The number of H-pyrrole nitrogens is 1. The van der Waals surface area contributed by atoms with E-state index >= 15 is 0 Å². The quantitative estimate of drug-likeness (QED) is 0.789. The smallest absolute Gasteiger partial charge is 0.255 e. The average Bonchev–Trinajstić information content (AvgIpc) is 2.77. The van der Waals surface area contributed by atoms with Gasteiger partial charge >= 0.3 is 0 Å². The molecule has 5 heteroatoms. The lowest BCUT2D eigenvalue weighted by molar-refractivity contribution is 0.102. The average molecular weight is 286 g/mol. The van der Waals surface area contributed by atoms with E-state index in [4.69, 9.17) is 0 Å². The maximum atomic E-state index is 12.3. The van der Waals surface area contributed by atoms with E-state index in [9.17, 15) is 4.79 Å². The van der Waals surface area contributed by atoms with Crippen molar-refractivity contribution in [1.82, 2.24) is 10.2 Å². The third-order valence-corrected chi connectivity index (χ3v) is 3.42. The molecule has 2 aromatic rings. The second-order valence-electron chi connectivity index (χ2n) is 5.22. The molecule has 0 spiro atoms. The molecule has 3 N–H and O–H groups in total. The third-order valence-electron chi connectivity index (χ3n) is 3.42. The van der Waals surface area contributed by atoms with Crippen molar-refractivity contribution in [2.45, 2.75) is 34.1 Å². The summed E-state index contributed by atoms with van der Waals surface area (Å²) in [5, 5.41) is 13.2. The number of nitrogens with zero attached hydrogens (tertiary/aromatic N) is 1. The van der Waals surface area contributed by atoms with E-state index in [0.717, 1.165) is 41.3 Å². The molecule has 0 saturated carbocycles. The van der Waals surface area contributed by atoms with Crippen molar-refractivity contribution in [3.8, 4) is 0 Å². The van der Waals surface area contributed by atoms with Crippen LogP contribution in [-0.2, 0) is 0 Å². The van der Waals surface area contributed by atoms with Crippen molar-refractivity contribution in [3.63, 3.8) is 0 Å². The Bertz CT molecular complexity index is 626. The molecule has 1 heterocycles. The number of rotatable bonds is 5. The molecular weight excluding hydrogens is 264 g/mol. The molecule has 0 bridgehead atoms. The molecule has 0 atom stereocenters. The number of hydrogen-bond acceptors (Lipinski definition) is 3. The van der Waals surface area contributed by atoms with Crippen LogP contribution in [0.3, 0.4) is 0 Å². The Kier molecular flexibility index (Phi) is 4.62. The standard InChI is InChI=1S/C16H22N4O/c1-5-8-17-14-7-6-13(9-10(14)2)16(21)18-15-11(3)19-20-12(15)4/h6-7,9,17H,5,8H2,1-4H3,(H,18,21)(H,19,20). The molecule has 1 aromatic heterocycles. The number of carbonyl (C=O) groups is 1. The highest BCUT2D eigenvalue weighted by atomic mass is 16.1. The zero-order valence-corrected chi connectivity index (χ0v) is 13.0. The van der Waals surface area contributed by atoms with Gasteiger partial charge in [0, 0.05) is 17.8 Å². The molecule has 112 valence electrons. The summed E-state index contributed by atoms with van der Waals surface area (Å²) < 4.78 is 0. The summed E-state index contributed by atoms with van der Waals surface area (Å²) >= 11 is 0. The van der Waals surface area contributed by atoms with Gasteiger partial charge in [-0.25, -0.2) is 0 Å². The Hall–Kier alpha value is -2.30. The van der Waals surface area contributed by atoms with Crippen LogP contribution in [0.15, 0.2) is 18.2 Å². The van der Waals surface area contributed by atoms with Crippen molar-refractivity contribution >= 4 is 17.3 Å². The minimum absolute atomic E-state index is 0.118. The first-order chi connectivity index (χ1) is 10.0. The van der Waals surface area contributed by atoms with E-state index in [1.165, 1.54) is 0 Å². The second kappa shape index (κ2) is 6.43. The molecule has 0 radical (unpaired) electrons. The molecule has 21 heavy (non-hydrogen) atoms. The fraction of sp³-hybridized carbons (Fsp3) is 0.375. The molecule has 5 nitrogen and oxygen atoms in total. The summed E-state index contributed by atoms with van der Waals surface area (Å²) in [4.78, 5) is 12.3. The van der Waals surface area contributed by atoms with E-state index in [2.05, 4.69) is 27.8 Å². The van der Waals surface area contributed by atoms with Gasteiger partial charge < -0.3 is 10.6 Å². The Labute approximate surface area is 125 Å². The number of anilines is 2. The number of aryl methyl sites for hydroxylation is 3. The normalized spacial score (nSPS) is 10.5. The van der Waals surface area contributed by atoms with Crippen LogP contribution in [0.2, 0.25) is 0 Å². The summed E-state index contributed by atoms with van der Waals surface area (Å²) in [5.74, 6) is -0.118. The van der Waals surface area contributed by atoms with Gasteiger partial charge in [-0.1, -0.05) is 6.92 Å². The SMILES string of the molecule is CCCNc1ccc(C(=O)Nc2c(C)n[nH]c2C)cc1C. The zero-order chi connectivity index (χ0) is 15.4. The van der Waals surface area contributed by atoms with Gasteiger partial charge in [0.1, 0.15) is 0 Å². The number of benzene rings is 1.